The quantitative estimate of drug-likeness (QED) is 0.890. The van der Waals surface area contributed by atoms with Gasteiger partial charge in [-0.05, 0) is 43.3 Å². The standard InChI is InChI=1S/C19H18F2N2O3/c1-2-26-17-5-3-16(4-6-17)23-11-12(7-18(23)24)19(25)22-15-9-13(20)8-14(21)10-15/h3-6,8-10,12H,2,7,11H2,1H3,(H,22,25). The van der Waals surface area contributed by atoms with Crippen LogP contribution in [0.2, 0.25) is 0 Å². The maximum Gasteiger partial charge on any atom is 0.229 e. The average Bonchev–Trinajstić information content (AvgIpc) is 2.97. The zero-order valence-corrected chi connectivity index (χ0v) is 14.2. The minimum Gasteiger partial charge on any atom is -0.494 e. The Morgan fingerprint density at radius 3 is 2.46 bits per heavy atom. The van der Waals surface area contributed by atoms with Gasteiger partial charge in [-0.25, -0.2) is 8.78 Å². The first-order valence-electron chi connectivity index (χ1n) is 8.26. The molecule has 0 saturated carbocycles. The van der Waals surface area contributed by atoms with Crippen LogP contribution in [0, 0.1) is 17.6 Å². The van der Waals surface area contributed by atoms with Crippen LogP contribution < -0.4 is 15.0 Å². The predicted molar refractivity (Wildman–Crippen MR) is 93.1 cm³/mol. The van der Waals surface area contributed by atoms with Crippen molar-refractivity contribution >= 4 is 23.2 Å². The Hall–Kier alpha value is -2.96. The molecule has 26 heavy (non-hydrogen) atoms. The lowest BCUT2D eigenvalue weighted by Crippen LogP contribution is -2.28. The largest absolute Gasteiger partial charge is 0.494 e. The molecular formula is C19H18F2N2O3. The highest BCUT2D eigenvalue weighted by Crippen LogP contribution is 2.27. The number of carbonyl (C=O) groups excluding carboxylic acids is 2. The lowest BCUT2D eigenvalue weighted by atomic mass is 10.1. The van der Waals surface area contributed by atoms with E-state index >= 15 is 0 Å². The summed E-state index contributed by atoms with van der Waals surface area (Å²) in [6, 6.07) is 9.81. The second-order valence-electron chi connectivity index (χ2n) is 5.98. The lowest BCUT2D eigenvalue weighted by Gasteiger charge is -2.17. The van der Waals surface area contributed by atoms with Gasteiger partial charge in [0, 0.05) is 30.4 Å². The summed E-state index contributed by atoms with van der Waals surface area (Å²) in [6.07, 6.45) is 0.0385. The molecular weight excluding hydrogens is 342 g/mol. The van der Waals surface area contributed by atoms with Crippen molar-refractivity contribution in [3.8, 4) is 5.75 Å². The van der Waals surface area contributed by atoms with Crippen LogP contribution in [0.25, 0.3) is 0 Å². The molecule has 1 N–H and O–H groups in total. The summed E-state index contributed by atoms with van der Waals surface area (Å²) >= 11 is 0. The number of benzene rings is 2. The molecule has 1 unspecified atom stereocenters. The molecule has 1 aliphatic rings. The third-order valence-electron chi connectivity index (χ3n) is 4.09. The molecule has 7 heteroatoms. The van der Waals surface area contributed by atoms with Crippen LogP contribution >= 0.6 is 0 Å². The summed E-state index contributed by atoms with van der Waals surface area (Å²) in [6.45, 7) is 2.63. The summed E-state index contributed by atoms with van der Waals surface area (Å²) < 4.78 is 31.8. The van der Waals surface area contributed by atoms with E-state index in [0.29, 0.717) is 18.0 Å². The molecule has 1 fully saturated rings. The number of halogens is 2. The molecule has 1 saturated heterocycles. The van der Waals surface area contributed by atoms with Crippen molar-refractivity contribution < 1.29 is 23.1 Å². The molecule has 1 heterocycles. The molecule has 2 aromatic rings. The Balaban J connectivity index is 1.67. The molecule has 3 rings (SSSR count). The van der Waals surface area contributed by atoms with Gasteiger partial charge in [-0.1, -0.05) is 0 Å². The van der Waals surface area contributed by atoms with Crippen LogP contribution in [-0.2, 0) is 9.59 Å². The van der Waals surface area contributed by atoms with Crippen molar-refractivity contribution in [2.24, 2.45) is 5.92 Å². The fraction of sp³-hybridized carbons (Fsp3) is 0.263. The van der Waals surface area contributed by atoms with E-state index in [0.717, 1.165) is 18.2 Å². The third-order valence-corrected chi connectivity index (χ3v) is 4.09. The zero-order valence-electron chi connectivity index (χ0n) is 14.2. The van der Waals surface area contributed by atoms with Crippen molar-refractivity contribution in [2.45, 2.75) is 13.3 Å². The number of hydrogen-bond acceptors (Lipinski definition) is 3. The van der Waals surface area contributed by atoms with Gasteiger partial charge in [0.1, 0.15) is 17.4 Å². The normalized spacial score (nSPS) is 16.7. The van der Waals surface area contributed by atoms with E-state index in [-0.39, 0.29) is 24.6 Å². The first-order valence-corrected chi connectivity index (χ1v) is 8.26. The number of nitrogens with one attached hydrogen (secondary N) is 1. The van der Waals surface area contributed by atoms with Crippen molar-refractivity contribution in [3.63, 3.8) is 0 Å². The molecule has 136 valence electrons. The number of carbonyl (C=O) groups is 2. The van der Waals surface area contributed by atoms with Gasteiger partial charge < -0.3 is 15.0 Å². The zero-order chi connectivity index (χ0) is 18.7. The summed E-state index contributed by atoms with van der Waals surface area (Å²) in [5, 5.41) is 2.47. The minimum atomic E-state index is -0.779. The van der Waals surface area contributed by atoms with Gasteiger partial charge in [-0.3, -0.25) is 9.59 Å². The van der Waals surface area contributed by atoms with Gasteiger partial charge in [0.2, 0.25) is 11.8 Å². The van der Waals surface area contributed by atoms with E-state index < -0.39 is 23.5 Å². The monoisotopic (exact) mass is 360 g/mol. The molecule has 2 amide bonds. The number of rotatable bonds is 5. The van der Waals surface area contributed by atoms with E-state index in [1.807, 2.05) is 6.92 Å². The second kappa shape index (κ2) is 7.51. The van der Waals surface area contributed by atoms with Gasteiger partial charge in [0.15, 0.2) is 0 Å². The third kappa shape index (κ3) is 3.99. The molecule has 0 aromatic heterocycles. The van der Waals surface area contributed by atoms with Gasteiger partial charge >= 0.3 is 0 Å². The fourth-order valence-electron chi connectivity index (χ4n) is 2.89. The molecule has 0 radical (unpaired) electrons. The van der Waals surface area contributed by atoms with Gasteiger partial charge in [-0.2, -0.15) is 0 Å². The van der Waals surface area contributed by atoms with Crippen LogP contribution in [-0.4, -0.2) is 25.0 Å². The number of amides is 2. The lowest BCUT2D eigenvalue weighted by molar-refractivity contribution is -0.122. The first kappa shape index (κ1) is 17.8. The molecule has 1 atom stereocenters. The molecule has 0 bridgehead atoms. The Morgan fingerprint density at radius 1 is 1.19 bits per heavy atom. The molecule has 2 aromatic carbocycles. The summed E-state index contributed by atoms with van der Waals surface area (Å²) in [5.41, 5.74) is 0.699. The molecule has 1 aliphatic heterocycles. The van der Waals surface area contributed by atoms with E-state index in [2.05, 4.69) is 5.32 Å². The SMILES string of the molecule is CCOc1ccc(N2CC(C(=O)Nc3cc(F)cc(F)c3)CC2=O)cc1. The molecule has 0 aliphatic carbocycles. The van der Waals surface area contributed by atoms with Gasteiger partial charge in [-0.15, -0.1) is 0 Å². The highest BCUT2D eigenvalue weighted by Gasteiger charge is 2.35. The van der Waals surface area contributed by atoms with Crippen molar-refractivity contribution in [2.75, 3.05) is 23.4 Å². The Kier molecular flexibility index (Phi) is 5.16. The minimum absolute atomic E-state index is 0.0273. The van der Waals surface area contributed by atoms with E-state index in [1.165, 1.54) is 4.90 Å². The predicted octanol–water partition coefficient (Wildman–Crippen LogP) is 3.36. The second-order valence-corrected chi connectivity index (χ2v) is 5.98. The highest BCUT2D eigenvalue weighted by molar-refractivity contribution is 6.03. The fourth-order valence-corrected chi connectivity index (χ4v) is 2.89. The van der Waals surface area contributed by atoms with Crippen molar-refractivity contribution in [3.05, 3.63) is 54.1 Å². The van der Waals surface area contributed by atoms with Gasteiger partial charge in [0.25, 0.3) is 0 Å². The maximum atomic E-state index is 13.2. The first-order chi connectivity index (χ1) is 12.5. The molecule has 0 spiro atoms. The van der Waals surface area contributed by atoms with E-state index in [9.17, 15) is 18.4 Å². The van der Waals surface area contributed by atoms with Crippen LogP contribution in [0.1, 0.15) is 13.3 Å². The Bertz CT molecular complexity index is 804. The number of anilines is 2. The number of nitrogens with zero attached hydrogens (tertiary/aromatic N) is 1. The average molecular weight is 360 g/mol. The van der Waals surface area contributed by atoms with E-state index in [4.69, 9.17) is 4.74 Å². The summed E-state index contributed by atoms with van der Waals surface area (Å²) in [7, 11) is 0. The van der Waals surface area contributed by atoms with Gasteiger partial charge in [0.05, 0.1) is 12.5 Å². The van der Waals surface area contributed by atoms with Crippen LogP contribution in [0.3, 0.4) is 0 Å². The topological polar surface area (TPSA) is 58.6 Å². The number of ether oxygens (including phenoxy) is 1. The Labute approximate surface area is 149 Å². The van der Waals surface area contributed by atoms with Crippen molar-refractivity contribution in [1.82, 2.24) is 0 Å². The number of hydrogen-bond donors (Lipinski definition) is 1. The van der Waals surface area contributed by atoms with E-state index in [1.54, 1.807) is 24.3 Å². The summed E-state index contributed by atoms with van der Waals surface area (Å²) in [5.74, 6) is -2.08. The van der Waals surface area contributed by atoms with Crippen molar-refractivity contribution in [1.29, 1.82) is 0 Å². The van der Waals surface area contributed by atoms with Crippen LogP contribution in [0.4, 0.5) is 20.2 Å². The summed E-state index contributed by atoms with van der Waals surface area (Å²) in [4.78, 5) is 26.1. The molecule has 5 nitrogen and oxygen atoms in total. The smallest absolute Gasteiger partial charge is 0.229 e. The Morgan fingerprint density at radius 2 is 1.85 bits per heavy atom. The van der Waals surface area contributed by atoms with Crippen LogP contribution in [0.15, 0.2) is 42.5 Å². The maximum absolute atomic E-state index is 13.2. The highest BCUT2D eigenvalue weighted by atomic mass is 19.1. The van der Waals surface area contributed by atoms with Crippen LogP contribution in [0.5, 0.6) is 5.75 Å².